The van der Waals surface area contributed by atoms with E-state index in [-0.39, 0.29) is 12.4 Å². The van der Waals surface area contributed by atoms with Gasteiger partial charge in [0.25, 0.3) is 5.91 Å². The predicted octanol–water partition coefficient (Wildman–Crippen LogP) is 3.44. The smallest absolute Gasteiger partial charge is 0.262 e. The molecule has 0 atom stereocenters. The average Bonchev–Trinajstić information content (AvgIpc) is 2.58. The molecule has 0 fully saturated rings. The summed E-state index contributed by atoms with van der Waals surface area (Å²) in [7, 11) is 0. The van der Waals surface area contributed by atoms with E-state index in [1.54, 1.807) is 24.3 Å². The molecule has 1 amide bonds. The Balaban J connectivity index is 1.99. The van der Waals surface area contributed by atoms with Crippen molar-refractivity contribution in [1.29, 1.82) is 0 Å². The van der Waals surface area contributed by atoms with Gasteiger partial charge in [-0.3, -0.25) is 9.59 Å². The molecule has 0 spiro atoms. The largest absolute Gasteiger partial charge is 0.493 e. The molecule has 0 saturated carbocycles. The Morgan fingerprint density at radius 3 is 2.75 bits per heavy atom. The van der Waals surface area contributed by atoms with Crippen molar-refractivity contribution in [1.82, 2.24) is 0 Å². The third kappa shape index (κ3) is 5.08. The van der Waals surface area contributed by atoms with Crippen LogP contribution in [-0.4, -0.2) is 25.4 Å². The molecule has 126 valence electrons. The summed E-state index contributed by atoms with van der Waals surface area (Å²) < 4.78 is 23.9. The summed E-state index contributed by atoms with van der Waals surface area (Å²) in [6.45, 7) is 2.21. The van der Waals surface area contributed by atoms with E-state index in [0.29, 0.717) is 29.9 Å². The zero-order valence-corrected chi connectivity index (χ0v) is 13.3. The lowest BCUT2D eigenvalue weighted by molar-refractivity contribution is -0.118. The van der Waals surface area contributed by atoms with Gasteiger partial charge in [0, 0.05) is 11.8 Å². The van der Waals surface area contributed by atoms with E-state index < -0.39 is 11.7 Å². The molecule has 2 rings (SSSR count). The number of halogens is 1. The standard InChI is InChI=1S/C18H18FNO4/c1-2-8-23-16-7-6-13(11-21)17(10-16)24-12-18(22)20-15-5-3-4-14(19)9-15/h3-7,9-11H,2,8,12H2,1H3,(H,20,22). The van der Waals surface area contributed by atoms with Crippen molar-refractivity contribution in [2.75, 3.05) is 18.5 Å². The zero-order valence-electron chi connectivity index (χ0n) is 13.3. The van der Waals surface area contributed by atoms with Crippen LogP contribution in [-0.2, 0) is 4.79 Å². The second-order valence-corrected chi connectivity index (χ2v) is 5.01. The van der Waals surface area contributed by atoms with Crippen LogP contribution in [0.1, 0.15) is 23.7 Å². The van der Waals surface area contributed by atoms with Gasteiger partial charge < -0.3 is 14.8 Å². The summed E-state index contributed by atoms with van der Waals surface area (Å²) in [6, 6.07) is 10.3. The molecule has 0 radical (unpaired) electrons. The van der Waals surface area contributed by atoms with Gasteiger partial charge in [-0.15, -0.1) is 0 Å². The van der Waals surface area contributed by atoms with Crippen LogP contribution in [0.4, 0.5) is 10.1 Å². The fourth-order valence-electron chi connectivity index (χ4n) is 1.95. The first-order valence-electron chi connectivity index (χ1n) is 7.52. The van der Waals surface area contributed by atoms with Crippen molar-refractivity contribution in [3.05, 3.63) is 53.8 Å². The van der Waals surface area contributed by atoms with Gasteiger partial charge in [0.1, 0.15) is 17.3 Å². The Hall–Kier alpha value is -2.89. The van der Waals surface area contributed by atoms with E-state index in [0.717, 1.165) is 6.42 Å². The number of hydrogen-bond acceptors (Lipinski definition) is 4. The van der Waals surface area contributed by atoms with Crippen molar-refractivity contribution >= 4 is 17.9 Å². The normalized spacial score (nSPS) is 10.1. The van der Waals surface area contributed by atoms with Gasteiger partial charge in [0.2, 0.25) is 0 Å². The molecule has 0 aliphatic carbocycles. The minimum atomic E-state index is -0.461. The zero-order chi connectivity index (χ0) is 17.4. The molecule has 0 aromatic heterocycles. The molecule has 6 heteroatoms. The summed E-state index contributed by atoms with van der Waals surface area (Å²) in [5, 5.41) is 2.52. The van der Waals surface area contributed by atoms with Crippen LogP contribution in [0.3, 0.4) is 0 Å². The highest BCUT2D eigenvalue weighted by Crippen LogP contribution is 2.24. The first kappa shape index (κ1) is 17.5. The Labute approximate surface area is 139 Å². The number of ether oxygens (including phenoxy) is 2. The molecule has 0 saturated heterocycles. The number of rotatable bonds is 8. The summed E-state index contributed by atoms with van der Waals surface area (Å²) >= 11 is 0. The van der Waals surface area contributed by atoms with Crippen LogP contribution in [0, 0.1) is 5.82 Å². The van der Waals surface area contributed by atoms with Crippen LogP contribution in [0.2, 0.25) is 0 Å². The Bertz CT molecular complexity index is 718. The number of carbonyl (C=O) groups excluding carboxylic acids is 2. The SMILES string of the molecule is CCCOc1ccc(C=O)c(OCC(=O)Nc2cccc(F)c2)c1. The number of hydrogen-bond donors (Lipinski definition) is 1. The summed E-state index contributed by atoms with van der Waals surface area (Å²) in [4.78, 5) is 22.9. The lowest BCUT2D eigenvalue weighted by Gasteiger charge is -2.11. The van der Waals surface area contributed by atoms with E-state index in [2.05, 4.69) is 5.32 Å². The lowest BCUT2D eigenvalue weighted by Crippen LogP contribution is -2.20. The summed E-state index contributed by atoms with van der Waals surface area (Å²) in [5.74, 6) is -0.0916. The topological polar surface area (TPSA) is 64.6 Å². The molecule has 1 N–H and O–H groups in total. The van der Waals surface area contributed by atoms with E-state index in [1.807, 2.05) is 6.92 Å². The second kappa shape index (κ2) is 8.67. The molecule has 0 bridgehead atoms. The maximum absolute atomic E-state index is 13.1. The highest BCUT2D eigenvalue weighted by atomic mass is 19.1. The monoisotopic (exact) mass is 331 g/mol. The van der Waals surface area contributed by atoms with Crippen molar-refractivity contribution in [2.24, 2.45) is 0 Å². The molecule has 5 nitrogen and oxygen atoms in total. The third-order valence-electron chi connectivity index (χ3n) is 3.05. The van der Waals surface area contributed by atoms with Crippen LogP contribution >= 0.6 is 0 Å². The quantitative estimate of drug-likeness (QED) is 0.753. The Morgan fingerprint density at radius 2 is 2.04 bits per heavy atom. The van der Waals surface area contributed by atoms with Gasteiger partial charge in [-0.25, -0.2) is 4.39 Å². The fourth-order valence-corrected chi connectivity index (χ4v) is 1.95. The van der Waals surface area contributed by atoms with Crippen LogP contribution in [0.25, 0.3) is 0 Å². The molecule has 0 aliphatic heterocycles. The molecule has 24 heavy (non-hydrogen) atoms. The summed E-state index contributed by atoms with van der Waals surface area (Å²) in [6.07, 6.45) is 1.49. The van der Waals surface area contributed by atoms with E-state index in [4.69, 9.17) is 9.47 Å². The molecule has 2 aromatic rings. The molecular weight excluding hydrogens is 313 g/mol. The van der Waals surface area contributed by atoms with Crippen LogP contribution in [0.5, 0.6) is 11.5 Å². The maximum atomic E-state index is 13.1. The maximum Gasteiger partial charge on any atom is 0.262 e. The summed E-state index contributed by atoms with van der Waals surface area (Å²) in [5.41, 5.74) is 0.650. The van der Waals surface area contributed by atoms with E-state index >= 15 is 0 Å². The minimum Gasteiger partial charge on any atom is -0.493 e. The van der Waals surface area contributed by atoms with Gasteiger partial charge in [0.05, 0.1) is 12.2 Å². The van der Waals surface area contributed by atoms with Crippen LogP contribution in [0.15, 0.2) is 42.5 Å². The lowest BCUT2D eigenvalue weighted by atomic mass is 10.2. The van der Waals surface area contributed by atoms with Gasteiger partial charge in [-0.2, -0.15) is 0 Å². The van der Waals surface area contributed by atoms with Gasteiger partial charge in [-0.05, 0) is 36.8 Å². The third-order valence-corrected chi connectivity index (χ3v) is 3.05. The Morgan fingerprint density at radius 1 is 1.21 bits per heavy atom. The molecular formula is C18H18FNO4. The highest BCUT2D eigenvalue weighted by molar-refractivity contribution is 5.92. The van der Waals surface area contributed by atoms with Crippen molar-refractivity contribution in [3.63, 3.8) is 0 Å². The number of anilines is 1. The highest BCUT2D eigenvalue weighted by Gasteiger charge is 2.09. The van der Waals surface area contributed by atoms with Crippen molar-refractivity contribution < 1.29 is 23.5 Å². The molecule has 2 aromatic carbocycles. The fraction of sp³-hybridized carbons (Fsp3) is 0.222. The van der Waals surface area contributed by atoms with E-state index in [1.165, 1.54) is 18.2 Å². The molecule has 0 aliphatic rings. The first-order valence-corrected chi connectivity index (χ1v) is 7.52. The van der Waals surface area contributed by atoms with E-state index in [9.17, 15) is 14.0 Å². The Kier molecular flexibility index (Phi) is 6.31. The average molecular weight is 331 g/mol. The number of amides is 1. The molecule has 0 unspecified atom stereocenters. The molecule has 0 heterocycles. The van der Waals surface area contributed by atoms with Gasteiger partial charge in [0.15, 0.2) is 12.9 Å². The van der Waals surface area contributed by atoms with Crippen molar-refractivity contribution in [3.8, 4) is 11.5 Å². The van der Waals surface area contributed by atoms with Gasteiger partial charge in [-0.1, -0.05) is 13.0 Å². The first-order chi connectivity index (χ1) is 11.6. The second-order valence-electron chi connectivity index (χ2n) is 5.01. The minimum absolute atomic E-state index is 0.257. The van der Waals surface area contributed by atoms with Gasteiger partial charge >= 0.3 is 0 Å². The predicted molar refractivity (Wildman–Crippen MR) is 88.1 cm³/mol. The number of carbonyl (C=O) groups is 2. The number of nitrogens with one attached hydrogen (secondary N) is 1. The number of aldehydes is 1. The number of benzene rings is 2. The van der Waals surface area contributed by atoms with Crippen LogP contribution < -0.4 is 14.8 Å². The van der Waals surface area contributed by atoms with Crippen molar-refractivity contribution in [2.45, 2.75) is 13.3 Å².